The third kappa shape index (κ3) is 4.83. The van der Waals surface area contributed by atoms with Gasteiger partial charge in [-0.2, -0.15) is 0 Å². The van der Waals surface area contributed by atoms with Gasteiger partial charge in [0, 0.05) is 0 Å². The second-order valence-electron chi connectivity index (χ2n) is 7.59. The van der Waals surface area contributed by atoms with Gasteiger partial charge in [-0.25, -0.2) is 9.59 Å². The monoisotopic (exact) mass is 334 g/mol. The van der Waals surface area contributed by atoms with Gasteiger partial charge in [0.05, 0.1) is 11.1 Å². The van der Waals surface area contributed by atoms with Crippen molar-refractivity contribution in [2.45, 2.75) is 54.4 Å². The Hall–Kier alpha value is -1.84. The van der Waals surface area contributed by atoms with Gasteiger partial charge >= 0.3 is 11.9 Å². The summed E-state index contributed by atoms with van der Waals surface area (Å²) in [6, 6.07) is 3.24. The van der Waals surface area contributed by atoms with E-state index in [9.17, 15) is 19.8 Å². The molecular weight excluding hydrogens is 304 g/mol. The lowest BCUT2D eigenvalue weighted by molar-refractivity contribution is 0.0650. The van der Waals surface area contributed by atoms with Crippen LogP contribution < -0.4 is 0 Å². The molecule has 1 rings (SSSR count). The molecule has 0 saturated heterocycles. The van der Waals surface area contributed by atoms with Crippen LogP contribution in [-0.2, 0) is 12.8 Å². The Balaban J connectivity index is 3.49. The predicted molar refractivity (Wildman–Crippen MR) is 95.8 cm³/mol. The molecule has 0 radical (unpaired) electrons. The summed E-state index contributed by atoms with van der Waals surface area (Å²) in [4.78, 5) is 23.3. The third-order valence-electron chi connectivity index (χ3n) is 5.20. The van der Waals surface area contributed by atoms with E-state index in [1.165, 1.54) is 6.07 Å². The third-order valence-corrected chi connectivity index (χ3v) is 5.20. The molecule has 0 aliphatic heterocycles. The first-order valence-corrected chi connectivity index (χ1v) is 8.67. The number of benzene rings is 1. The quantitative estimate of drug-likeness (QED) is 0.719. The first-order valence-electron chi connectivity index (χ1n) is 8.67. The number of rotatable bonds is 8. The summed E-state index contributed by atoms with van der Waals surface area (Å²) in [5, 5.41) is 19.0. The average Bonchev–Trinajstić information content (AvgIpc) is 2.47. The zero-order valence-electron chi connectivity index (χ0n) is 15.6. The van der Waals surface area contributed by atoms with Crippen molar-refractivity contribution in [2.75, 3.05) is 0 Å². The van der Waals surface area contributed by atoms with Crippen LogP contribution >= 0.6 is 0 Å². The molecule has 0 saturated carbocycles. The van der Waals surface area contributed by atoms with E-state index in [2.05, 4.69) is 41.5 Å². The van der Waals surface area contributed by atoms with Gasteiger partial charge < -0.3 is 10.2 Å². The van der Waals surface area contributed by atoms with Crippen molar-refractivity contribution in [3.8, 4) is 0 Å². The predicted octanol–water partition coefficient (Wildman–Crippen LogP) is 4.75. The first kappa shape index (κ1) is 20.2. The molecule has 0 heterocycles. The largest absolute Gasteiger partial charge is 0.478 e. The summed E-state index contributed by atoms with van der Waals surface area (Å²) in [5.74, 6) is -0.786. The minimum atomic E-state index is -1.19. The van der Waals surface area contributed by atoms with E-state index in [1.54, 1.807) is 6.07 Å². The molecule has 0 bridgehead atoms. The van der Waals surface area contributed by atoms with Crippen molar-refractivity contribution in [1.29, 1.82) is 0 Å². The molecular formula is C20H30O4. The Morgan fingerprint density at radius 1 is 0.833 bits per heavy atom. The molecule has 4 heteroatoms. The zero-order valence-corrected chi connectivity index (χ0v) is 15.6. The highest BCUT2D eigenvalue weighted by molar-refractivity contribution is 6.03. The summed E-state index contributed by atoms with van der Waals surface area (Å²) in [6.45, 7) is 12.7. The average molecular weight is 334 g/mol. The molecule has 0 fully saturated rings. The summed E-state index contributed by atoms with van der Waals surface area (Å²) in [6.07, 6.45) is 1.35. The van der Waals surface area contributed by atoms with E-state index < -0.39 is 11.9 Å². The molecule has 0 aromatic heterocycles. The Kier molecular flexibility index (Phi) is 7.00. The van der Waals surface area contributed by atoms with Gasteiger partial charge in [-0.1, -0.05) is 47.6 Å². The lowest BCUT2D eigenvalue weighted by atomic mass is 9.81. The van der Waals surface area contributed by atoms with E-state index in [1.807, 2.05) is 0 Å². The molecule has 4 nitrogen and oxygen atoms in total. The standard InChI is InChI=1S/C20H30O4/c1-11(2)13(5)9-15-7-8-16(19(21)22)18(20(23)24)17(15)10-14(6)12(3)4/h7-8,11-14H,9-10H2,1-6H3,(H,21,22)(H,23,24). The van der Waals surface area contributed by atoms with Crippen molar-refractivity contribution in [3.05, 3.63) is 34.4 Å². The molecule has 1 aromatic carbocycles. The van der Waals surface area contributed by atoms with Crippen LogP contribution in [0.4, 0.5) is 0 Å². The van der Waals surface area contributed by atoms with Crippen molar-refractivity contribution in [1.82, 2.24) is 0 Å². The van der Waals surface area contributed by atoms with Crippen LogP contribution in [-0.4, -0.2) is 22.2 Å². The fourth-order valence-corrected chi connectivity index (χ4v) is 2.68. The second-order valence-corrected chi connectivity index (χ2v) is 7.59. The van der Waals surface area contributed by atoms with Gasteiger partial charge in [0.15, 0.2) is 0 Å². The molecule has 2 atom stereocenters. The Bertz CT molecular complexity index is 602. The van der Waals surface area contributed by atoms with Gasteiger partial charge in [0.1, 0.15) is 0 Å². The molecule has 134 valence electrons. The topological polar surface area (TPSA) is 74.6 Å². The summed E-state index contributed by atoms with van der Waals surface area (Å²) >= 11 is 0. The Morgan fingerprint density at radius 2 is 1.33 bits per heavy atom. The zero-order chi connectivity index (χ0) is 18.6. The second kappa shape index (κ2) is 8.32. The van der Waals surface area contributed by atoms with Crippen molar-refractivity contribution < 1.29 is 19.8 Å². The molecule has 0 aliphatic carbocycles. The van der Waals surface area contributed by atoms with Crippen LogP contribution in [0.5, 0.6) is 0 Å². The summed E-state index contributed by atoms with van der Waals surface area (Å²) in [7, 11) is 0. The number of carboxylic acids is 2. The van der Waals surface area contributed by atoms with Crippen LogP contribution in [0, 0.1) is 23.7 Å². The lowest BCUT2D eigenvalue weighted by Crippen LogP contribution is -2.19. The highest BCUT2D eigenvalue weighted by Crippen LogP contribution is 2.28. The highest BCUT2D eigenvalue weighted by atomic mass is 16.4. The van der Waals surface area contributed by atoms with E-state index in [0.29, 0.717) is 29.7 Å². The normalized spacial score (nSPS) is 14.0. The van der Waals surface area contributed by atoms with Crippen molar-refractivity contribution >= 4 is 11.9 Å². The molecule has 24 heavy (non-hydrogen) atoms. The maximum absolute atomic E-state index is 11.8. The highest BCUT2D eigenvalue weighted by Gasteiger charge is 2.25. The fourth-order valence-electron chi connectivity index (χ4n) is 2.68. The summed E-state index contributed by atoms with van der Waals surface area (Å²) < 4.78 is 0. The van der Waals surface area contributed by atoms with Gasteiger partial charge in [0.25, 0.3) is 0 Å². The maximum Gasteiger partial charge on any atom is 0.336 e. The maximum atomic E-state index is 11.8. The SMILES string of the molecule is CC(C)C(C)Cc1ccc(C(=O)O)c(C(=O)O)c1CC(C)C(C)C. The van der Waals surface area contributed by atoms with Crippen LogP contribution in [0.15, 0.2) is 12.1 Å². The van der Waals surface area contributed by atoms with Gasteiger partial charge in [-0.05, 0) is 53.7 Å². The first-order chi connectivity index (χ1) is 11.1. The molecule has 1 aromatic rings. The van der Waals surface area contributed by atoms with Crippen LogP contribution in [0.25, 0.3) is 0 Å². The van der Waals surface area contributed by atoms with Gasteiger partial charge in [0.2, 0.25) is 0 Å². The minimum Gasteiger partial charge on any atom is -0.478 e. The van der Waals surface area contributed by atoms with Crippen molar-refractivity contribution in [3.63, 3.8) is 0 Å². The Morgan fingerprint density at radius 3 is 1.75 bits per heavy atom. The molecule has 2 unspecified atom stereocenters. The molecule has 0 aliphatic rings. The van der Waals surface area contributed by atoms with Crippen LogP contribution in [0.3, 0.4) is 0 Å². The Labute approximate surface area is 144 Å². The minimum absolute atomic E-state index is 0.0385. The number of hydrogen-bond acceptors (Lipinski definition) is 2. The van der Waals surface area contributed by atoms with E-state index in [-0.39, 0.29) is 17.0 Å². The summed E-state index contributed by atoms with van der Waals surface area (Å²) in [5.41, 5.74) is 1.50. The fraction of sp³-hybridized carbons (Fsp3) is 0.600. The van der Waals surface area contributed by atoms with E-state index in [0.717, 1.165) is 12.0 Å². The van der Waals surface area contributed by atoms with Crippen molar-refractivity contribution in [2.24, 2.45) is 23.7 Å². The number of aromatic carboxylic acids is 2. The molecule has 0 amide bonds. The number of hydrogen-bond donors (Lipinski definition) is 2. The smallest absolute Gasteiger partial charge is 0.336 e. The van der Waals surface area contributed by atoms with Gasteiger partial charge in [-0.15, -0.1) is 0 Å². The van der Waals surface area contributed by atoms with Gasteiger partial charge in [-0.3, -0.25) is 0 Å². The molecule has 0 spiro atoms. The lowest BCUT2D eigenvalue weighted by Gasteiger charge is -2.23. The van der Waals surface area contributed by atoms with Crippen LogP contribution in [0.2, 0.25) is 0 Å². The van der Waals surface area contributed by atoms with Crippen LogP contribution in [0.1, 0.15) is 73.4 Å². The number of carbonyl (C=O) groups is 2. The number of carboxylic acid groups (broad SMARTS) is 2. The van der Waals surface area contributed by atoms with E-state index >= 15 is 0 Å². The molecule has 2 N–H and O–H groups in total. The van der Waals surface area contributed by atoms with E-state index in [4.69, 9.17) is 0 Å².